The van der Waals surface area contributed by atoms with Crippen LogP contribution in [0.25, 0.3) is 0 Å². The van der Waals surface area contributed by atoms with E-state index in [0.29, 0.717) is 19.3 Å². The standard InChI is InChI=1S/C15H20O3/c1-9-4-10(2)13(11(3)5-9)8-15(18)6-12(7-15)14(16)17/h4-5,12,18H,6-8H2,1-3H3,(H,16,17). The molecule has 2 rings (SSSR count). The summed E-state index contributed by atoms with van der Waals surface area (Å²) in [7, 11) is 0. The first kappa shape index (κ1) is 13.1. The highest BCUT2D eigenvalue weighted by Crippen LogP contribution is 2.41. The topological polar surface area (TPSA) is 57.5 Å². The van der Waals surface area contributed by atoms with Crippen molar-refractivity contribution in [3.63, 3.8) is 0 Å². The molecule has 1 saturated carbocycles. The molecule has 0 atom stereocenters. The number of aryl methyl sites for hydroxylation is 3. The normalized spacial score (nSPS) is 26.8. The summed E-state index contributed by atoms with van der Waals surface area (Å²) in [5.41, 5.74) is 3.91. The van der Waals surface area contributed by atoms with Crippen LogP contribution in [0.5, 0.6) is 0 Å². The molecular weight excluding hydrogens is 228 g/mol. The Labute approximate surface area is 107 Å². The van der Waals surface area contributed by atoms with Crippen LogP contribution in [0.3, 0.4) is 0 Å². The minimum atomic E-state index is -0.826. The summed E-state index contributed by atoms with van der Waals surface area (Å²) in [6.45, 7) is 6.15. The molecule has 3 nitrogen and oxygen atoms in total. The Morgan fingerprint density at radius 3 is 2.22 bits per heavy atom. The van der Waals surface area contributed by atoms with Gasteiger partial charge in [-0.15, -0.1) is 0 Å². The van der Waals surface area contributed by atoms with Gasteiger partial charge in [0, 0.05) is 6.42 Å². The third-order valence-corrected chi connectivity index (χ3v) is 3.95. The fourth-order valence-electron chi connectivity index (χ4n) is 2.99. The highest BCUT2D eigenvalue weighted by Gasteiger charge is 2.46. The molecule has 1 aromatic rings. The van der Waals surface area contributed by atoms with Crippen LogP contribution in [0.1, 0.15) is 35.1 Å². The zero-order valence-corrected chi connectivity index (χ0v) is 11.2. The van der Waals surface area contributed by atoms with Crippen LogP contribution in [0, 0.1) is 26.7 Å². The summed E-state index contributed by atoms with van der Waals surface area (Å²) < 4.78 is 0. The molecule has 0 amide bonds. The van der Waals surface area contributed by atoms with Crippen molar-refractivity contribution in [1.29, 1.82) is 0 Å². The highest BCUT2D eigenvalue weighted by molar-refractivity contribution is 5.71. The Bertz CT molecular complexity index is 462. The molecular formula is C15H20O3. The first-order chi connectivity index (χ1) is 8.31. The Morgan fingerprint density at radius 2 is 1.78 bits per heavy atom. The molecule has 0 heterocycles. The molecule has 0 aromatic heterocycles. The molecule has 0 saturated heterocycles. The average molecular weight is 248 g/mol. The summed E-state index contributed by atoms with van der Waals surface area (Å²) >= 11 is 0. The van der Waals surface area contributed by atoms with Crippen LogP contribution < -0.4 is 0 Å². The third kappa shape index (κ3) is 2.41. The van der Waals surface area contributed by atoms with E-state index in [9.17, 15) is 9.90 Å². The van der Waals surface area contributed by atoms with E-state index in [0.717, 1.165) is 5.56 Å². The quantitative estimate of drug-likeness (QED) is 0.863. The Balaban J connectivity index is 2.14. The number of carboxylic acid groups (broad SMARTS) is 1. The van der Waals surface area contributed by atoms with Gasteiger partial charge in [0.2, 0.25) is 0 Å². The lowest BCUT2D eigenvalue weighted by atomic mass is 9.67. The highest BCUT2D eigenvalue weighted by atomic mass is 16.4. The van der Waals surface area contributed by atoms with Crippen LogP contribution in [0.4, 0.5) is 0 Å². The largest absolute Gasteiger partial charge is 0.481 e. The minimum Gasteiger partial charge on any atom is -0.481 e. The number of benzene rings is 1. The van der Waals surface area contributed by atoms with Gasteiger partial charge >= 0.3 is 5.97 Å². The maximum absolute atomic E-state index is 10.8. The number of carbonyl (C=O) groups is 1. The van der Waals surface area contributed by atoms with E-state index in [1.54, 1.807) is 0 Å². The van der Waals surface area contributed by atoms with E-state index in [2.05, 4.69) is 19.1 Å². The van der Waals surface area contributed by atoms with E-state index >= 15 is 0 Å². The fraction of sp³-hybridized carbons (Fsp3) is 0.533. The molecule has 0 unspecified atom stereocenters. The number of hydrogen-bond donors (Lipinski definition) is 2. The lowest BCUT2D eigenvalue weighted by Gasteiger charge is -2.42. The molecule has 18 heavy (non-hydrogen) atoms. The minimum absolute atomic E-state index is 0.370. The van der Waals surface area contributed by atoms with Crippen molar-refractivity contribution in [2.24, 2.45) is 5.92 Å². The lowest BCUT2D eigenvalue weighted by molar-refractivity contribution is -0.158. The summed E-state index contributed by atoms with van der Waals surface area (Å²) in [6.07, 6.45) is 1.30. The van der Waals surface area contributed by atoms with Gasteiger partial charge in [-0.25, -0.2) is 0 Å². The summed E-state index contributed by atoms with van der Waals surface area (Å²) in [6, 6.07) is 4.22. The van der Waals surface area contributed by atoms with Crippen molar-refractivity contribution in [2.45, 2.75) is 45.6 Å². The number of carboxylic acids is 1. The van der Waals surface area contributed by atoms with E-state index in [-0.39, 0.29) is 5.92 Å². The molecule has 0 spiro atoms. The van der Waals surface area contributed by atoms with E-state index < -0.39 is 11.6 Å². The second-order valence-corrected chi connectivity index (χ2v) is 5.72. The molecule has 1 aliphatic carbocycles. The average Bonchev–Trinajstić information content (AvgIpc) is 2.19. The third-order valence-electron chi connectivity index (χ3n) is 3.95. The molecule has 0 radical (unpaired) electrons. The van der Waals surface area contributed by atoms with Crippen molar-refractivity contribution in [3.05, 3.63) is 34.4 Å². The molecule has 0 aliphatic heterocycles. The summed E-state index contributed by atoms with van der Waals surface area (Å²) in [4.78, 5) is 10.8. The first-order valence-corrected chi connectivity index (χ1v) is 6.33. The van der Waals surface area contributed by atoms with Crippen LogP contribution in [0.2, 0.25) is 0 Å². The second-order valence-electron chi connectivity index (χ2n) is 5.72. The molecule has 1 fully saturated rings. The number of aliphatic hydroxyl groups is 1. The van der Waals surface area contributed by atoms with Crippen molar-refractivity contribution >= 4 is 5.97 Å². The predicted octanol–water partition coefficient (Wildman–Crippen LogP) is 2.38. The van der Waals surface area contributed by atoms with Gasteiger partial charge in [0.05, 0.1) is 11.5 Å². The predicted molar refractivity (Wildman–Crippen MR) is 69.7 cm³/mol. The number of rotatable bonds is 3. The lowest BCUT2D eigenvalue weighted by Crippen LogP contribution is -2.48. The van der Waals surface area contributed by atoms with Gasteiger partial charge < -0.3 is 10.2 Å². The summed E-state index contributed by atoms with van der Waals surface area (Å²) in [5, 5.41) is 19.2. The molecule has 3 heteroatoms. The van der Waals surface area contributed by atoms with Gasteiger partial charge in [-0.3, -0.25) is 4.79 Å². The first-order valence-electron chi connectivity index (χ1n) is 6.33. The van der Waals surface area contributed by atoms with Crippen molar-refractivity contribution in [2.75, 3.05) is 0 Å². The van der Waals surface area contributed by atoms with Crippen molar-refractivity contribution in [1.82, 2.24) is 0 Å². The van der Waals surface area contributed by atoms with E-state index in [4.69, 9.17) is 5.11 Å². The zero-order chi connectivity index (χ0) is 13.5. The summed E-state index contributed by atoms with van der Waals surface area (Å²) in [5.74, 6) is -1.17. The van der Waals surface area contributed by atoms with E-state index in [1.165, 1.54) is 16.7 Å². The maximum Gasteiger partial charge on any atom is 0.306 e. The van der Waals surface area contributed by atoms with Crippen LogP contribution in [-0.4, -0.2) is 21.8 Å². The maximum atomic E-state index is 10.8. The van der Waals surface area contributed by atoms with Gasteiger partial charge in [-0.2, -0.15) is 0 Å². The van der Waals surface area contributed by atoms with Crippen molar-refractivity contribution in [3.8, 4) is 0 Å². The Kier molecular flexibility index (Phi) is 3.20. The van der Waals surface area contributed by atoms with Gasteiger partial charge in [0.15, 0.2) is 0 Å². The van der Waals surface area contributed by atoms with Crippen LogP contribution >= 0.6 is 0 Å². The number of aliphatic carboxylic acids is 1. The zero-order valence-electron chi connectivity index (χ0n) is 11.2. The van der Waals surface area contributed by atoms with Crippen molar-refractivity contribution < 1.29 is 15.0 Å². The van der Waals surface area contributed by atoms with E-state index in [1.807, 2.05) is 13.8 Å². The SMILES string of the molecule is Cc1cc(C)c(CC2(O)CC(C(=O)O)C2)c(C)c1. The van der Waals surface area contributed by atoms with Crippen LogP contribution in [0.15, 0.2) is 12.1 Å². The van der Waals surface area contributed by atoms with Crippen LogP contribution in [-0.2, 0) is 11.2 Å². The fourth-order valence-corrected chi connectivity index (χ4v) is 2.99. The van der Waals surface area contributed by atoms with Gasteiger partial charge in [0.1, 0.15) is 0 Å². The molecule has 98 valence electrons. The van der Waals surface area contributed by atoms with Gasteiger partial charge in [-0.05, 0) is 50.3 Å². The van der Waals surface area contributed by atoms with Gasteiger partial charge in [0.25, 0.3) is 0 Å². The smallest absolute Gasteiger partial charge is 0.306 e. The molecule has 1 aromatic carbocycles. The number of hydrogen-bond acceptors (Lipinski definition) is 2. The van der Waals surface area contributed by atoms with Gasteiger partial charge in [-0.1, -0.05) is 17.7 Å². The molecule has 2 N–H and O–H groups in total. The Hall–Kier alpha value is -1.35. The molecule has 0 bridgehead atoms. The Morgan fingerprint density at radius 1 is 1.28 bits per heavy atom. The monoisotopic (exact) mass is 248 g/mol. The second kappa shape index (κ2) is 4.39. The molecule has 1 aliphatic rings.